The van der Waals surface area contributed by atoms with Crippen LogP contribution in [0.2, 0.25) is 0 Å². The van der Waals surface area contributed by atoms with E-state index in [2.05, 4.69) is 10.3 Å². The fourth-order valence-corrected chi connectivity index (χ4v) is 2.44. The zero-order valence-corrected chi connectivity index (χ0v) is 11.3. The maximum Gasteiger partial charge on any atom is 0.317 e. The summed E-state index contributed by atoms with van der Waals surface area (Å²) in [6.45, 7) is 1.58. The number of nitrogens with zero attached hydrogens (tertiary/aromatic N) is 2. The lowest BCUT2D eigenvalue weighted by Gasteiger charge is -2.32. The number of pyridine rings is 1. The molecule has 1 aliphatic heterocycles. The first-order valence-corrected chi connectivity index (χ1v) is 6.81. The maximum absolute atomic E-state index is 11.8. The van der Waals surface area contributed by atoms with E-state index in [9.17, 15) is 9.59 Å². The van der Waals surface area contributed by atoms with E-state index in [1.54, 1.807) is 17.3 Å². The number of carboxylic acid groups (broad SMARTS) is 1. The average molecular weight is 277 g/mol. The van der Waals surface area contributed by atoms with Crippen molar-refractivity contribution in [3.8, 4) is 0 Å². The fourth-order valence-electron chi connectivity index (χ4n) is 2.44. The number of aromatic nitrogens is 1. The largest absolute Gasteiger partial charge is 0.481 e. The first-order valence-electron chi connectivity index (χ1n) is 6.81. The molecule has 0 radical (unpaired) electrons. The van der Waals surface area contributed by atoms with Crippen molar-refractivity contribution in [1.82, 2.24) is 15.2 Å². The normalized spacial score (nSPS) is 15.9. The lowest BCUT2D eigenvalue weighted by atomic mass is 9.90. The Morgan fingerprint density at radius 2 is 1.95 bits per heavy atom. The molecule has 6 heteroatoms. The minimum Gasteiger partial charge on any atom is -0.481 e. The third-order valence-corrected chi connectivity index (χ3v) is 3.57. The van der Waals surface area contributed by atoms with E-state index in [0.717, 1.165) is 12.8 Å². The zero-order valence-electron chi connectivity index (χ0n) is 11.3. The lowest BCUT2D eigenvalue weighted by Crippen LogP contribution is -2.44. The molecule has 0 saturated carbocycles. The minimum absolute atomic E-state index is 0.0424. The van der Waals surface area contributed by atoms with Crippen LogP contribution >= 0.6 is 0 Å². The fraction of sp³-hybridized carbons (Fsp3) is 0.500. The summed E-state index contributed by atoms with van der Waals surface area (Å²) in [5.41, 5.74) is 1.27. The topological polar surface area (TPSA) is 82.5 Å². The molecule has 108 valence electrons. The summed E-state index contributed by atoms with van der Waals surface area (Å²) in [7, 11) is 0. The molecule has 1 aliphatic rings. The Kier molecular flexibility index (Phi) is 4.92. The van der Waals surface area contributed by atoms with Gasteiger partial charge in [-0.3, -0.25) is 9.78 Å². The third kappa shape index (κ3) is 3.94. The summed E-state index contributed by atoms with van der Waals surface area (Å²) in [6.07, 6.45) is 5.40. The summed E-state index contributed by atoms with van der Waals surface area (Å²) in [4.78, 5) is 28.0. The highest BCUT2D eigenvalue weighted by molar-refractivity contribution is 5.75. The predicted octanol–water partition coefficient (Wildman–Crippen LogP) is 1.45. The summed E-state index contributed by atoms with van der Waals surface area (Å²) < 4.78 is 0. The van der Waals surface area contributed by atoms with Gasteiger partial charge in [-0.2, -0.15) is 0 Å². The summed E-state index contributed by atoms with van der Waals surface area (Å²) in [6, 6.07) is 3.87. The summed E-state index contributed by atoms with van der Waals surface area (Å²) in [5.74, 6) is -0.428. The van der Waals surface area contributed by atoms with Crippen LogP contribution in [0.5, 0.6) is 0 Å². The number of urea groups is 1. The predicted molar refractivity (Wildman–Crippen MR) is 73.4 cm³/mol. The lowest BCUT2D eigenvalue weighted by molar-refractivity contribution is -0.136. The Morgan fingerprint density at radius 3 is 2.55 bits per heavy atom. The minimum atomic E-state index is -0.901. The highest BCUT2D eigenvalue weighted by atomic mass is 16.4. The molecule has 2 heterocycles. The van der Waals surface area contributed by atoms with E-state index >= 15 is 0 Å². The zero-order chi connectivity index (χ0) is 14.4. The smallest absolute Gasteiger partial charge is 0.317 e. The van der Waals surface area contributed by atoms with Crippen LogP contribution in [0.4, 0.5) is 4.79 Å². The van der Waals surface area contributed by atoms with Gasteiger partial charge in [0.05, 0.1) is 6.42 Å². The number of nitrogens with one attached hydrogen (secondary N) is 1. The molecule has 2 rings (SSSR count). The molecule has 1 fully saturated rings. The van der Waals surface area contributed by atoms with Crippen molar-refractivity contribution < 1.29 is 14.7 Å². The number of rotatable bonds is 4. The van der Waals surface area contributed by atoms with Crippen molar-refractivity contribution in [1.29, 1.82) is 0 Å². The van der Waals surface area contributed by atoms with Crippen molar-refractivity contribution in [2.75, 3.05) is 19.6 Å². The van der Waals surface area contributed by atoms with Gasteiger partial charge >= 0.3 is 12.0 Å². The van der Waals surface area contributed by atoms with Crippen molar-refractivity contribution in [2.45, 2.75) is 25.2 Å². The number of aliphatic carboxylic acids is 1. The van der Waals surface area contributed by atoms with Crippen LogP contribution in [0.1, 0.15) is 30.7 Å². The molecule has 20 heavy (non-hydrogen) atoms. The second-order valence-corrected chi connectivity index (χ2v) is 4.92. The van der Waals surface area contributed by atoms with Crippen molar-refractivity contribution in [3.05, 3.63) is 30.1 Å². The van der Waals surface area contributed by atoms with E-state index in [4.69, 9.17) is 5.11 Å². The molecular weight excluding hydrogens is 258 g/mol. The van der Waals surface area contributed by atoms with Crippen LogP contribution in [0.3, 0.4) is 0 Å². The molecule has 1 aromatic rings. The van der Waals surface area contributed by atoms with Gasteiger partial charge in [-0.05, 0) is 36.5 Å². The van der Waals surface area contributed by atoms with Crippen LogP contribution < -0.4 is 5.32 Å². The van der Waals surface area contributed by atoms with E-state index in [1.165, 1.54) is 5.56 Å². The summed E-state index contributed by atoms with van der Waals surface area (Å²) >= 11 is 0. The van der Waals surface area contributed by atoms with Gasteiger partial charge < -0.3 is 15.3 Å². The molecular formula is C14H19N3O3. The molecule has 1 saturated heterocycles. The molecule has 1 aromatic heterocycles. The van der Waals surface area contributed by atoms with Gasteiger partial charge in [0.25, 0.3) is 0 Å². The first-order chi connectivity index (χ1) is 9.66. The summed E-state index contributed by atoms with van der Waals surface area (Å²) in [5, 5.41) is 11.2. The average Bonchev–Trinajstić information content (AvgIpc) is 2.48. The van der Waals surface area contributed by atoms with Crippen LogP contribution in [0.15, 0.2) is 24.5 Å². The van der Waals surface area contributed by atoms with E-state index in [0.29, 0.717) is 19.0 Å². The Labute approximate surface area is 117 Å². The first kappa shape index (κ1) is 14.3. The number of amides is 2. The van der Waals surface area contributed by atoms with E-state index in [-0.39, 0.29) is 19.0 Å². The van der Waals surface area contributed by atoms with E-state index < -0.39 is 5.97 Å². The molecule has 0 spiro atoms. The highest BCUT2D eigenvalue weighted by Crippen LogP contribution is 2.27. The number of carbonyl (C=O) groups is 2. The van der Waals surface area contributed by atoms with Gasteiger partial charge in [0, 0.05) is 32.0 Å². The van der Waals surface area contributed by atoms with Gasteiger partial charge in [-0.25, -0.2) is 4.79 Å². The van der Waals surface area contributed by atoms with Gasteiger partial charge in [-0.15, -0.1) is 0 Å². The number of carboxylic acids is 1. The molecule has 0 atom stereocenters. The molecule has 2 amide bonds. The van der Waals surface area contributed by atoms with E-state index in [1.807, 2.05) is 12.1 Å². The van der Waals surface area contributed by atoms with Crippen LogP contribution in [-0.4, -0.2) is 46.6 Å². The Balaban J connectivity index is 1.76. The van der Waals surface area contributed by atoms with Gasteiger partial charge in [-0.1, -0.05) is 0 Å². The van der Waals surface area contributed by atoms with Gasteiger partial charge in [0.2, 0.25) is 0 Å². The quantitative estimate of drug-likeness (QED) is 0.872. The maximum atomic E-state index is 11.8. The van der Waals surface area contributed by atoms with Crippen molar-refractivity contribution in [3.63, 3.8) is 0 Å². The number of hydrogen-bond acceptors (Lipinski definition) is 3. The molecule has 0 aliphatic carbocycles. The van der Waals surface area contributed by atoms with Crippen molar-refractivity contribution in [2.24, 2.45) is 0 Å². The molecule has 0 bridgehead atoms. The number of carbonyl (C=O) groups excluding carboxylic acids is 1. The second kappa shape index (κ2) is 6.88. The van der Waals surface area contributed by atoms with Crippen LogP contribution in [0.25, 0.3) is 0 Å². The Bertz CT molecular complexity index is 456. The SMILES string of the molecule is O=C(O)CCNC(=O)N1CCC(c2ccncc2)CC1. The number of likely N-dealkylation sites (tertiary alicyclic amines) is 1. The molecule has 0 unspecified atom stereocenters. The van der Waals surface area contributed by atoms with Gasteiger partial charge in [0.15, 0.2) is 0 Å². The monoisotopic (exact) mass is 277 g/mol. The highest BCUT2D eigenvalue weighted by Gasteiger charge is 2.23. The number of hydrogen-bond donors (Lipinski definition) is 2. The van der Waals surface area contributed by atoms with Crippen molar-refractivity contribution >= 4 is 12.0 Å². The number of piperidine rings is 1. The third-order valence-electron chi connectivity index (χ3n) is 3.57. The Morgan fingerprint density at radius 1 is 1.30 bits per heavy atom. The molecule has 2 N–H and O–H groups in total. The Hall–Kier alpha value is -2.11. The van der Waals surface area contributed by atoms with Crippen LogP contribution in [0, 0.1) is 0 Å². The second-order valence-electron chi connectivity index (χ2n) is 4.92. The van der Waals surface area contributed by atoms with Gasteiger partial charge in [0.1, 0.15) is 0 Å². The molecule has 6 nitrogen and oxygen atoms in total. The standard InChI is InChI=1S/C14H19N3O3/c18-13(19)3-8-16-14(20)17-9-4-12(5-10-17)11-1-6-15-7-2-11/h1-2,6-7,12H,3-5,8-10H2,(H,16,20)(H,18,19). The molecule has 0 aromatic carbocycles. The van der Waals surface area contributed by atoms with Crippen LogP contribution in [-0.2, 0) is 4.79 Å².